The van der Waals surface area contributed by atoms with Crippen molar-refractivity contribution in [3.63, 3.8) is 0 Å². The second-order valence-electron chi connectivity index (χ2n) is 5.05. The molecular formula is C11H24O2Si. The molecule has 0 spiro atoms. The average molecular weight is 216 g/mol. The quantitative estimate of drug-likeness (QED) is 0.528. The summed E-state index contributed by atoms with van der Waals surface area (Å²) in [7, 11) is -1.41. The molecule has 2 nitrogen and oxygen atoms in total. The molecule has 14 heavy (non-hydrogen) atoms. The summed E-state index contributed by atoms with van der Waals surface area (Å²) in [6.45, 7) is 9.71. The van der Waals surface area contributed by atoms with Gasteiger partial charge < -0.3 is 9.16 Å². The molecular weight excluding hydrogens is 192 g/mol. The lowest BCUT2D eigenvalue weighted by Crippen LogP contribution is -2.48. The summed E-state index contributed by atoms with van der Waals surface area (Å²) in [4.78, 5) is 0. The summed E-state index contributed by atoms with van der Waals surface area (Å²) in [5, 5.41) is 0. The second kappa shape index (κ2) is 4.77. The van der Waals surface area contributed by atoms with Crippen molar-refractivity contribution in [3.8, 4) is 0 Å². The third kappa shape index (κ3) is 3.71. The Balaban J connectivity index is 2.39. The maximum Gasteiger partial charge on any atom is 0.190 e. The minimum absolute atomic E-state index is 0.275. The van der Waals surface area contributed by atoms with Crippen LogP contribution >= 0.6 is 0 Å². The largest absolute Gasteiger partial charge is 0.391 e. The third-order valence-electron chi connectivity index (χ3n) is 2.81. The molecule has 0 N–H and O–H groups in total. The normalized spacial score (nSPS) is 31.7. The fourth-order valence-electron chi connectivity index (χ4n) is 2.06. The Kier molecular flexibility index (Phi) is 4.16. The maximum absolute atomic E-state index is 6.12. The van der Waals surface area contributed by atoms with Crippen molar-refractivity contribution >= 4 is 8.32 Å². The van der Waals surface area contributed by atoms with Gasteiger partial charge in [0.25, 0.3) is 0 Å². The van der Waals surface area contributed by atoms with E-state index in [9.17, 15) is 0 Å². The van der Waals surface area contributed by atoms with E-state index in [1.54, 1.807) is 0 Å². The summed E-state index contributed by atoms with van der Waals surface area (Å²) < 4.78 is 12.0. The highest BCUT2D eigenvalue weighted by Crippen LogP contribution is 2.34. The summed E-state index contributed by atoms with van der Waals surface area (Å²) in [6, 6.07) is 1.28. The molecule has 0 aromatic carbocycles. The highest BCUT2D eigenvalue weighted by atomic mass is 28.4. The van der Waals surface area contributed by atoms with Gasteiger partial charge in [-0.25, -0.2) is 0 Å². The zero-order valence-corrected chi connectivity index (χ0v) is 11.1. The molecule has 84 valence electrons. The van der Waals surface area contributed by atoms with Crippen LogP contribution in [0.4, 0.5) is 0 Å². The van der Waals surface area contributed by atoms with Crippen LogP contribution in [0, 0.1) is 0 Å². The Morgan fingerprint density at radius 3 is 2.71 bits per heavy atom. The van der Waals surface area contributed by atoms with Gasteiger partial charge in [0.2, 0.25) is 0 Å². The molecule has 3 heteroatoms. The van der Waals surface area contributed by atoms with Gasteiger partial charge in [-0.05, 0) is 45.3 Å². The zero-order chi connectivity index (χ0) is 10.7. The molecule has 0 saturated carbocycles. The van der Waals surface area contributed by atoms with Crippen LogP contribution in [0.2, 0.25) is 19.1 Å². The lowest BCUT2D eigenvalue weighted by atomic mass is 10.2. The Morgan fingerprint density at radius 2 is 2.14 bits per heavy atom. The fourth-order valence-corrected chi connectivity index (χ4v) is 4.52. The second-order valence-corrected chi connectivity index (χ2v) is 9.27. The highest BCUT2D eigenvalue weighted by Gasteiger charge is 2.39. The van der Waals surface area contributed by atoms with Crippen LogP contribution in [0.1, 0.15) is 39.5 Å². The van der Waals surface area contributed by atoms with Crippen molar-refractivity contribution in [3.05, 3.63) is 0 Å². The molecule has 0 amide bonds. The predicted molar refractivity (Wildman–Crippen MR) is 61.9 cm³/mol. The SMILES string of the molecule is CCCCOC1(C)CCC[Si](C)(C)O1. The Hall–Kier alpha value is 0.137. The molecule has 1 atom stereocenters. The lowest BCUT2D eigenvalue weighted by molar-refractivity contribution is -0.188. The molecule has 1 unspecified atom stereocenters. The van der Waals surface area contributed by atoms with E-state index in [0.29, 0.717) is 0 Å². The molecule has 1 saturated heterocycles. The van der Waals surface area contributed by atoms with Crippen molar-refractivity contribution in [2.24, 2.45) is 0 Å². The first-order chi connectivity index (χ1) is 6.47. The van der Waals surface area contributed by atoms with Gasteiger partial charge in [-0.1, -0.05) is 13.3 Å². The summed E-state index contributed by atoms with van der Waals surface area (Å²) in [5.41, 5.74) is 0. The van der Waals surface area contributed by atoms with Crippen molar-refractivity contribution in [1.82, 2.24) is 0 Å². The van der Waals surface area contributed by atoms with Crippen LogP contribution in [-0.2, 0) is 9.16 Å². The topological polar surface area (TPSA) is 18.5 Å². The van der Waals surface area contributed by atoms with Gasteiger partial charge in [0.1, 0.15) is 0 Å². The summed E-state index contributed by atoms with van der Waals surface area (Å²) in [5.74, 6) is -0.275. The van der Waals surface area contributed by atoms with Crippen molar-refractivity contribution in [1.29, 1.82) is 0 Å². The van der Waals surface area contributed by atoms with Crippen LogP contribution < -0.4 is 0 Å². The maximum atomic E-state index is 6.12. The molecule has 0 aromatic rings. The van der Waals surface area contributed by atoms with Crippen LogP contribution in [-0.4, -0.2) is 20.7 Å². The van der Waals surface area contributed by atoms with Gasteiger partial charge in [-0.3, -0.25) is 0 Å². The van der Waals surface area contributed by atoms with Crippen molar-refractivity contribution in [2.45, 2.75) is 64.5 Å². The Morgan fingerprint density at radius 1 is 1.43 bits per heavy atom. The molecule has 1 aliphatic rings. The first kappa shape index (κ1) is 12.2. The standard InChI is InChI=1S/C11H24O2Si/c1-5-6-9-12-11(2)8-7-10-14(3,4)13-11/h5-10H2,1-4H3. The van der Waals surface area contributed by atoms with E-state index < -0.39 is 8.32 Å². The van der Waals surface area contributed by atoms with Gasteiger partial charge in [-0.15, -0.1) is 0 Å². The van der Waals surface area contributed by atoms with Gasteiger partial charge in [0.15, 0.2) is 14.1 Å². The van der Waals surface area contributed by atoms with Gasteiger partial charge in [0.05, 0.1) is 0 Å². The molecule has 1 fully saturated rings. The fraction of sp³-hybridized carbons (Fsp3) is 1.00. The summed E-state index contributed by atoms with van der Waals surface area (Å²) >= 11 is 0. The molecule has 0 aliphatic carbocycles. The van der Waals surface area contributed by atoms with E-state index in [1.807, 2.05) is 0 Å². The van der Waals surface area contributed by atoms with Gasteiger partial charge in [0, 0.05) is 6.61 Å². The number of rotatable bonds is 4. The molecule has 1 aliphatic heterocycles. The molecule has 1 heterocycles. The average Bonchev–Trinajstić information content (AvgIpc) is 2.01. The van der Waals surface area contributed by atoms with Crippen LogP contribution in [0.3, 0.4) is 0 Å². The molecule has 0 radical (unpaired) electrons. The van der Waals surface area contributed by atoms with E-state index in [4.69, 9.17) is 9.16 Å². The van der Waals surface area contributed by atoms with E-state index in [-0.39, 0.29) is 5.79 Å². The Labute approximate surface area is 89.1 Å². The minimum Gasteiger partial charge on any atom is -0.391 e. The third-order valence-corrected chi connectivity index (χ3v) is 5.35. The van der Waals surface area contributed by atoms with E-state index in [0.717, 1.165) is 19.4 Å². The van der Waals surface area contributed by atoms with Crippen molar-refractivity contribution in [2.75, 3.05) is 6.61 Å². The smallest absolute Gasteiger partial charge is 0.190 e. The first-order valence-corrected chi connectivity index (χ1v) is 8.93. The van der Waals surface area contributed by atoms with E-state index in [2.05, 4.69) is 26.9 Å². The van der Waals surface area contributed by atoms with Gasteiger partial charge >= 0.3 is 0 Å². The monoisotopic (exact) mass is 216 g/mol. The van der Waals surface area contributed by atoms with Crippen molar-refractivity contribution < 1.29 is 9.16 Å². The van der Waals surface area contributed by atoms with E-state index >= 15 is 0 Å². The van der Waals surface area contributed by atoms with Crippen LogP contribution in [0.5, 0.6) is 0 Å². The number of ether oxygens (including phenoxy) is 1. The first-order valence-electron chi connectivity index (χ1n) is 5.82. The van der Waals surface area contributed by atoms with E-state index in [1.165, 1.54) is 18.9 Å². The van der Waals surface area contributed by atoms with Crippen LogP contribution in [0.15, 0.2) is 0 Å². The highest BCUT2D eigenvalue weighted by molar-refractivity contribution is 6.71. The Bertz CT molecular complexity index is 182. The summed E-state index contributed by atoms with van der Waals surface area (Å²) in [6.07, 6.45) is 4.66. The predicted octanol–water partition coefficient (Wildman–Crippen LogP) is 3.53. The zero-order valence-electron chi connectivity index (χ0n) is 10.1. The molecule has 1 rings (SSSR count). The minimum atomic E-state index is -1.41. The lowest BCUT2D eigenvalue weighted by Gasteiger charge is -2.42. The van der Waals surface area contributed by atoms with Gasteiger partial charge in [-0.2, -0.15) is 0 Å². The number of hydrogen-bond donors (Lipinski definition) is 0. The molecule has 0 aromatic heterocycles. The molecule has 0 bridgehead atoms. The number of hydrogen-bond acceptors (Lipinski definition) is 2. The van der Waals surface area contributed by atoms with Crippen LogP contribution in [0.25, 0.3) is 0 Å². The number of unbranched alkanes of at least 4 members (excludes halogenated alkanes) is 1.